The van der Waals surface area contributed by atoms with E-state index < -0.39 is 6.10 Å². The van der Waals surface area contributed by atoms with Crippen molar-refractivity contribution >= 4 is 5.78 Å². The number of ketones is 1. The summed E-state index contributed by atoms with van der Waals surface area (Å²) < 4.78 is 18.3. The number of piperidine rings is 1. The van der Waals surface area contributed by atoms with Gasteiger partial charge in [0, 0.05) is 24.6 Å². The van der Waals surface area contributed by atoms with Crippen molar-refractivity contribution in [2.45, 2.75) is 48.8 Å². The highest BCUT2D eigenvalue weighted by Crippen LogP contribution is 2.67. The van der Waals surface area contributed by atoms with Crippen LogP contribution in [0.5, 0.6) is 11.5 Å². The average Bonchev–Trinajstić information content (AvgIpc) is 3.02. The topological polar surface area (TPSA) is 48.0 Å². The number of hydrogen-bond acceptors (Lipinski definition) is 5. The van der Waals surface area contributed by atoms with E-state index in [1.807, 2.05) is 6.07 Å². The monoisotopic (exact) mass is 313 g/mol. The van der Waals surface area contributed by atoms with Crippen LogP contribution in [0.1, 0.15) is 30.4 Å². The number of methoxy groups -OCH3 is 1. The van der Waals surface area contributed by atoms with Crippen molar-refractivity contribution in [3.63, 3.8) is 0 Å². The molecule has 3 fully saturated rings. The SMILES string of the molecule is COc1ccc2c3c1OC1C(=O)CC[C@]45OCN(CC[C@]314)[C@@H]5C2. The largest absolute Gasteiger partial charge is 0.493 e. The van der Waals surface area contributed by atoms with E-state index >= 15 is 0 Å². The third-order valence-corrected chi connectivity index (χ3v) is 7.02. The highest BCUT2D eigenvalue weighted by Gasteiger charge is 2.76. The van der Waals surface area contributed by atoms with E-state index in [0.717, 1.165) is 37.3 Å². The van der Waals surface area contributed by atoms with Gasteiger partial charge >= 0.3 is 0 Å². The van der Waals surface area contributed by atoms with Gasteiger partial charge < -0.3 is 14.2 Å². The summed E-state index contributed by atoms with van der Waals surface area (Å²) in [6, 6.07) is 4.52. The summed E-state index contributed by atoms with van der Waals surface area (Å²) in [5.41, 5.74) is 1.97. The van der Waals surface area contributed by atoms with E-state index in [9.17, 15) is 4.79 Å². The second-order valence-electron chi connectivity index (χ2n) is 7.51. The Morgan fingerprint density at radius 3 is 3.13 bits per heavy atom. The van der Waals surface area contributed by atoms with Crippen molar-refractivity contribution in [1.29, 1.82) is 0 Å². The maximum absolute atomic E-state index is 12.8. The van der Waals surface area contributed by atoms with Gasteiger partial charge in [0.25, 0.3) is 0 Å². The van der Waals surface area contributed by atoms with Gasteiger partial charge in [0.15, 0.2) is 23.4 Å². The quantitative estimate of drug-likeness (QED) is 0.785. The molecule has 1 aromatic rings. The Balaban J connectivity index is 1.72. The van der Waals surface area contributed by atoms with Gasteiger partial charge in [0.1, 0.15) is 12.3 Å². The van der Waals surface area contributed by atoms with Crippen molar-refractivity contribution in [2.24, 2.45) is 0 Å². The van der Waals surface area contributed by atoms with Crippen LogP contribution in [0.3, 0.4) is 0 Å². The molecular formula is C18H19NO4. The fourth-order valence-electron chi connectivity index (χ4n) is 6.18. The van der Waals surface area contributed by atoms with Gasteiger partial charge in [-0.1, -0.05) is 6.07 Å². The summed E-state index contributed by atoms with van der Waals surface area (Å²) in [7, 11) is 1.67. The van der Waals surface area contributed by atoms with E-state index in [-0.39, 0.29) is 16.8 Å². The Bertz CT molecular complexity index is 762. The Morgan fingerprint density at radius 1 is 1.35 bits per heavy atom. The minimum absolute atomic E-state index is 0.226. The van der Waals surface area contributed by atoms with E-state index in [2.05, 4.69) is 11.0 Å². The molecular weight excluding hydrogens is 294 g/mol. The number of ether oxygens (including phenoxy) is 3. The van der Waals surface area contributed by atoms with Crippen LogP contribution in [0.25, 0.3) is 0 Å². The van der Waals surface area contributed by atoms with Crippen LogP contribution >= 0.6 is 0 Å². The third-order valence-electron chi connectivity index (χ3n) is 7.02. The predicted molar refractivity (Wildman–Crippen MR) is 80.8 cm³/mol. The van der Waals surface area contributed by atoms with Crippen molar-refractivity contribution in [2.75, 3.05) is 20.4 Å². The molecule has 0 radical (unpaired) electrons. The lowest BCUT2D eigenvalue weighted by Crippen LogP contribution is -2.73. The van der Waals surface area contributed by atoms with Crippen LogP contribution in [-0.2, 0) is 21.4 Å². The summed E-state index contributed by atoms with van der Waals surface area (Å²) in [6.45, 7) is 1.67. The van der Waals surface area contributed by atoms with Gasteiger partial charge in [0.05, 0.1) is 12.5 Å². The molecule has 6 rings (SSSR count). The standard InChI is InChI=1S/C18H19NO4/c1-21-12-3-2-10-8-13-18-5-4-11(20)16-17(18,14(10)15(12)23-16)6-7-19(13)9-22-18/h2-3,13,16H,4-9H2,1H3/t13-,16?,17+,18-/m1/s1. The van der Waals surface area contributed by atoms with Gasteiger partial charge in [-0.05, 0) is 30.9 Å². The molecule has 2 unspecified atom stereocenters. The van der Waals surface area contributed by atoms with Gasteiger partial charge in [-0.2, -0.15) is 0 Å². The predicted octanol–water partition coefficient (Wildman–Crippen LogP) is 1.41. The normalized spacial score (nSPS) is 44.7. The molecule has 23 heavy (non-hydrogen) atoms. The fourth-order valence-corrected chi connectivity index (χ4v) is 6.18. The Kier molecular flexibility index (Phi) is 2.07. The van der Waals surface area contributed by atoms with Crippen LogP contribution in [0.15, 0.2) is 12.1 Å². The summed E-state index contributed by atoms with van der Waals surface area (Å²) in [6.07, 6.45) is 2.90. The van der Waals surface area contributed by atoms with Crippen molar-refractivity contribution in [3.05, 3.63) is 23.3 Å². The average molecular weight is 313 g/mol. The molecule has 3 aliphatic heterocycles. The fraction of sp³-hybridized carbons (Fsp3) is 0.611. The second kappa shape index (κ2) is 3.73. The van der Waals surface area contributed by atoms with E-state index in [1.165, 1.54) is 11.1 Å². The number of Topliss-reactive ketones (excluding diaryl/α,β-unsaturated/α-hetero) is 1. The number of hydrogen-bond donors (Lipinski definition) is 0. The van der Waals surface area contributed by atoms with Crippen LogP contribution in [0.2, 0.25) is 0 Å². The number of carbonyl (C=O) groups excluding carboxylic acids is 1. The maximum atomic E-state index is 12.8. The molecule has 2 saturated heterocycles. The minimum Gasteiger partial charge on any atom is -0.493 e. The molecule has 1 saturated carbocycles. The summed E-state index contributed by atoms with van der Waals surface area (Å²) in [4.78, 5) is 15.2. The number of nitrogens with zero attached hydrogens (tertiary/aromatic N) is 1. The van der Waals surface area contributed by atoms with Crippen LogP contribution in [0, 0.1) is 0 Å². The lowest BCUT2D eigenvalue weighted by molar-refractivity contribution is -0.159. The Morgan fingerprint density at radius 2 is 2.26 bits per heavy atom. The maximum Gasteiger partial charge on any atom is 0.174 e. The second-order valence-corrected chi connectivity index (χ2v) is 7.51. The number of benzene rings is 1. The third kappa shape index (κ3) is 1.13. The summed E-state index contributed by atoms with van der Waals surface area (Å²) >= 11 is 0. The van der Waals surface area contributed by atoms with Crippen molar-refractivity contribution in [3.8, 4) is 11.5 Å². The number of rotatable bonds is 1. The molecule has 5 aliphatic rings. The Labute approximate surface area is 134 Å². The molecule has 5 nitrogen and oxygen atoms in total. The van der Waals surface area contributed by atoms with Crippen molar-refractivity contribution < 1.29 is 19.0 Å². The molecule has 5 atom stereocenters. The summed E-state index contributed by atoms with van der Waals surface area (Å²) in [5.74, 6) is 1.77. The van der Waals surface area contributed by atoms with Gasteiger partial charge in [-0.25, -0.2) is 0 Å². The zero-order chi connectivity index (χ0) is 15.4. The van der Waals surface area contributed by atoms with Crippen LogP contribution < -0.4 is 9.47 Å². The first-order valence-electron chi connectivity index (χ1n) is 8.49. The van der Waals surface area contributed by atoms with E-state index in [0.29, 0.717) is 19.2 Å². The van der Waals surface area contributed by atoms with Gasteiger partial charge in [-0.3, -0.25) is 9.69 Å². The molecule has 1 aromatic carbocycles. The zero-order valence-electron chi connectivity index (χ0n) is 13.1. The van der Waals surface area contributed by atoms with E-state index in [1.54, 1.807) is 7.11 Å². The van der Waals surface area contributed by atoms with Crippen LogP contribution in [0.4, 0.5) is 0 Å². The van der Waals surface area contributed by atoms with Gasteiger partial charge in [-0.15, -0.1) is 0 Å². The highest BCUT2D eigenvalue weighted by molar-refractivity contribution is 5.90. The highest BCUT2D eigenvalue weighted by atomic mass is 16.6. The van der Waals surface area contributed by atoms with E-state index in [4.69, 9.17) is 14.2 Å². The lowest BCUT2D eigenvalue weighted by atomic mass is 9.49. The minimum atomic E-state index is -0.399. The molecule has 4 bridgehead atoms. The number of carbonyl (C=O) groups is 1. The first kappa shape index (κ1) is 12.8. The molecule has 2 aliphatic carbocycles. The molecule has 0 amide bonds. The molecule has 2 spiro atoms. The molecule has 0 N–H and O–H groups in total. The molecule has 0 aromatic heterocycles. The molecule has 120 valence electrons. The van der Waals surface area contributed by atoms with Gasteiger partial charge in [0.2, 0.25) is 0 Å². The van der Waals surface area contributed by atoms with Crippen molar-refractivity contribution in [1.82, 2.24) is 4.90 Å². The smallest absolute Gasteiger partial charge is 0.174 e. The first-order valence-corrected chi connectivity index (χ1v) is 8.49. The van der Waals surface area contributed by atoms with Crippen LogP contribution in [-0.4, -0.2) is 48.8 Å². The Hall–Kier alpha value is -1.59. The zero-order valence-corrected chi connectivity index (χ0v) is 13.1. The summed E-state index contributed by atoms with van der Waals surface area (Å²) in [5, 5.41) is 0. The molecule has 3 heterocycles. The molecule has 5 heteroatoms. The first-order chi connectivity index (χ1) is 11.2. The lowest BCUT2D eigenvalue weighted by Gasteiger charge is -2.59.